The van der Waals surface area contributed by atoms with Crippen LogP contribution in [-0.2, 0) is 6.42 Å². The van der Waals surface area contributed by atoms with E-state index in [1.807, 2.05) is 0 Å². The molecule has 45 heavy (non-hydrogen) atoms. The molecule has 0 fully saturated rings. The van der Waals surface area contributed by atoms with Crippen molar-refractivity contribution in [2.75, 3.05) is 0 Å². The molecule has 0 radical (unpaired) electrons. The van der Waals surface area contributed by atoms with E-state index in [0.29, 0.717) is 0 Å². The number of rotatable bonds is 3. The number of hydrogen-bond donors (Lipinski definition) is 0. The number of fused-ring (bicyclic) bond motifs is 10. The van der Waals surface area contributed by atoms with E-state index in [1.165, 1.54) is 88.4 Å². The number of para-hydroxylation sites is 2. The Labute approximate surface area is 261 Å². The fourth-order valence-corrected chi connectivity index (χ4v) is 7.84. The van der Waals surface area contributed by atoms with Gasteiger partial charge in [-0.15, -0.1) is 0 Å². The van der Waals surface area contributed by atoms with Crippen LogP contribution in [0.2, 0.25) is 0 Å². The molecule has 1 aliphatic carbocycles. The third-order valence-corrected chi connectivity index (χ3v) is 9.74. The average Bonchev–Trinajstić information content (AvgIpc) is 3.76. The van der Waals surface area contributed by atoms with Crippen molar-refractivity contribution < 1.29 is 0 Å². The predicted octanol–water partition coefficient (Wildman–Crippen LogP) is 11.1. The van der Waals surface area contributed by atoms with Crippen LogP contribution in [0.25, 0.3) is 77.2 Å². The van der Waals surface area contributed by atoms with Gasteiger partial charge >= 0.3 is 0 Å². The van der Waals surface area contributed by atoms with Gasteiger partial charge in [-0.1, -0.05) is 115 Å². The maximum atomic E-state index is 2.51. The monoisotopic (exact) mass is 572 g/mol. The van der Waals surface area contributed by atoms with Gasteiger partial charge in [-0.2, -0.15) is 0 Å². The molecule has 0 saturated carbocycles. The van der Waals surface area contributed by atoms with E-state index >= 15 is 0 Å². The summed E-state index contributed by atoms with van der Waals surface area (Å²) in [6.45, 7) is 0. The first-order valence-electron chi connectivity index (χ1n) is 15.7. The number of nitrogens with zero attached hydrogens (tertiary/aromatic N) is 2. The van der Waals surface area contributed by atoms with E-state index in [9.17, 15) is 0 Å². The van der Waals surface area contributed by atoms with Gasteiger partial charge in [-0.25, -0.2) is 0 Å². The minimum Gasteiger partial charge on any atom is -0.309 e. The van der Waals surface area contributed by atoms with Crippen LogP contribution in [-0.4, -0.2) is 9.13 Å². The quantitative estimate of drug-likeness (QED) is 0.199. The Morgan fingerprint density at radius 3 is 1.71 bits per heavy atom. The molecule has 210 valence electrons. The highest BCUT2D eigenvalue weighted by molar-refractivity contribution is 6.29. The summed E-state index contributed by atoms with van der Waals surface area (Å²) in [7, 11) is 0. The second kappa shape index (κ2) is 9.32. The van der Waals surface area contributed by atoms with Crippen LogP contribution in [0.4, 0.5) is 0 Å². The van der Waals surface area contributed by atoms with Crippen LogP contribution < -0.4 is 0 Å². The standard InChI is InChI=1S/C43H28N2/c1-2-11-28(12-3-1)29-21-23-32(24-22-29)44-36-18-8-6-16-34(36)42-39(44)25-26-40-43(42)35-17-7-9-19-37(35)45(40)38-20-10-14-31-27-30-13-4-5-15-33(30)41(31)38/h1-26H,27H2. The van der Waals surface area contributed by atoms with Crippen LogP contribution in [0.15, 0.2) is 158 Å². The molecule has 2 nitrogen and oxygen atoms in total. The van der Waals surface area contributed by atoms with Gasteiger partial charge in [0.05, 0.1) is 27.8 Å². The Kier molecular flexibility index (Phi) is 5.09. The third kappa shape index (κ3) is 3.45. The molecule has 0 atom stereocenters. The fraction of sp³-hybridized carbons (Fsp3) is 0.0233. The van der Waals surface area contributed by atoms with Crippen molar-refractivity contribution >= 4 is 43.6 Å². The Morgan fingerprint density at radius 2 is 0.956 bits per heavy atom. The highest BCUT2D eigenvalue weighted by Crippen LogP contribution is 2.46. The molecule has 0 spiro atoms. The largest absolute Gasteiger partial charge is 0.309 e. The summed E-state index contributed by atoms with van der Waals surface area (Å²) in [6, 6.07) is 57.8. The molecule has 0 aliphatic heterocycles. The normalized spacial score (nSPS) is 12.4. The van der Waals surface area contributed by atoms with Crippen molar-refractivity contribution in [2.24, 2.45) is 0 Å². The summed E-state index contributed by atoms with van der Waals surface area (Å²) >= 11 is 0. The van der Waals surface area contributed by atoms with E-state index in [1.54, 1.807) is 0 Å². The molecule has 2 heterocycles. The SMILES string of the molecule is c1ccc(-c2ccc(-n3c4ccccc4c4c5c6ccccc6n(-c6cccc7c6-c6ccccc6C7)c5ccc43)cc2)cc1. The summed E-state index contributed by atoms with van der Waals surface area (Å²) in [6.07, 6.45) is 0.983. The first-order chi connectivity index (χ1) is 22.3. The zero-order valence-corrected chi connectivity index (χ0v) is 24.6. The number of benzene rings is 7. The topological polar surface area (TPSA) is 9.86 Å². The molecular formula is C43H28N2. The first-order valence-corrected chi connectivity index (χ1v) is 15.7. The molecule has 9 aromatic rings. The van der Waals surface area contributed by atoms with E-state index in [-0.39, 0.29) is 0 Å². The third-order valence-electron chi connectivity index (χ3n) is 9.74. The lowest BCUT2D eigenvalue weighted by Gasteiger charge is -2.14. The van der Waals surface area contributed by atoms with Crippen LogP contribution >= 0.6 is 0 Å². The molecular weight excluding hydrogens is 544 g/mol. The van der Waals surface area contributed by atoms with Gasteiger partial charge in [-0.3, -0.25) is 0 Å². The van der Waals surface area contributed by atoms with Crippen molar-refractivity contribution in [1.82, 2.24) is 9.13 Å². The van der Waals surface area contributed by atoms with Crippen LogP contribution in [0.1, 0.15) is 11.1 Å². The van der Waals surface area contributed by atoms with Crippen LogP contribution in [0.3, 0.4) is 0 Å². The molecule has 10 rings (SSSR count). The Hall–Kier alpha value is -5.86. The van der Waals surface area contributed by atoms with E-state index in [0.717, 1.165) is 6.42 Å². The summed E-state index contributed by atoms with van der Waals surface area (Å²) < 4.78 is 4.94. The van der Waals surface area contributed by atoms with Gasteiger partial charge in [0.1, 0.15) is 0 Å². The van der Waals surface area contributed by atoms with Crippen LogP contribution in [0.5, 0.6) is 0 Å². The van der Waals surface area contributed by atoms with E-state index in [2.05, 4.69) is 167 Å². The average molecular weight is 573 g/mol. The molecule has 1 aliphatic rings. The molecule has 0 saturated heterocycles. The van der Waals surface area contributed by atoms with Gasteiger partial charge in [0, 0.05) is 32.8 Å². The van der Waals surface area contributed by atoms with Crippen molar-refractivity contribution in [3.8, 4) is 33.6 Å². The van der Waals surface area contributed by atoms with Crippen molar-refractivity contribution in [2.45, 2.75) is 6.42 Å². The molecule has 0 amide bonds. The van der Waals surface area contributed by atoms with Gasteiger partial charge < -0.3 is 9.13 Å². The zero-order chi connectivity index (χ0) is 29.5. The molecule has 2 aromatic heterocycles. The van der Waals surface area contributed by atoms with Crippen molar-refractivity contribution in [1.29, 1.82) is 0 Å². The van der Waals surface area contributed by atoms with Gasteiger partial charge in [0.15, 0.2) is 0 Å². The molecule has 0 unspecified atom stereocenters. The minimum atomic E-state index is 0.983. The smallest absolute Gasteiger partial charge is 0.0549 e. The molecule has 2 heteroatoms. The highest BCUT2D eigenvalue weighted by Gasteiger charge is 2.25. The second-order valence-electron chi connectivity index (χ2n) is 12.1. The molecule has 7 aromatic carbocycles. The summed E-state index contributed by atoms with van der Waals surface area (Å²) in [4.78, 5) is 0. The van der Waals surface area contributed by atoms with E-state index in [4.69, 9.17) is 0 Å². The summed E-state index contributed by atoms with van der Waals surface area (Å²) in [5.41, 5.74) is 15.3. The van der Waals surface area contributed by atoms with Crippen molar-refractivity contribution in [3.05, 3.63) is 169 Å². The Bertz CT molecular complexity index is 2600. The lowest BCUT2D eigenvalue weighted by atomic mass is 10.0. The highest BCUT2D eigenvalue weighted by atomic mass is 15.0. The maximum absolute atomic E-state index is 2.51. The molecule has 0 bridgehead atoms. The van der Waals surface area contributed by atoms with E-state index < -0.39 is 0 Å². The van der Waals surface area contributed by atoms with Gasteiger partial charge in [0.2, 0.25) is 0 Å². The first kappa shape index (κ1) is 24.6. The van der Waals surface area contributed by atoms with Crippen LogP contribution in [0, 0.1) is 0 Å². The predicted molar refractivity (Wildman–Crippen MR) is 189 cm³/mol. The minimum absolute atomic E-state index is 0.983. The molecule has 0 N–H and O–H groups in total. The Morgan fingerprint density at radius 1 is 0.378 bits per heavy atom. The lowest BCUT2D eigenvalue weighted by molar-refractivity contribution is 1.17. The second-order valence-corrected chi connectivity index (χ2v) is 12.1. The van der Waals surface area contributed by atoms with Crippen molar-refractivity contribution in [3.63, 3.8) is 0 Å². The zero-order valence-electron chi connectivity index (χ0n) is 24.6. The number of aromatic nitrogens is 2. The van der Waals surface area contributed by atoms with Gasteiger partial charge in [-0.05, 0) is 76.7 Å². The lowest BCUT2D eigenvalue weighted by Crippen LogP contribution is -1.98. The Balaban J connectivity index is 1.28. The summed E-state index contributed by atoms with van der Waals surface area (Å²) in [5, 5.41) is 5.17. The maximum Gasteiger partial charge on any atom is 0.0549 e. The summed E-state index contributed by atoms with van der Waals surface area (Å²) in [5.74, 6) is 0. The fourth-order valence-electron chi connectivity index (χ4n) is 7.84. The van der Waals surface area contributed by atoms with Gasteiger partial charge in [0.25, 0.3) is 0 Å². The number of hydrogen-bond acceptors (Lipinski definition) is 0.